The molecule has 4 heteroatoms. The maximum absolute atomic E-state index is 13.0. The highest BCUT2D eigenvalue weighted by Crippen LogP contribution is 2.19. The normalized spacial score (nSPS) is 11.2. The van der Waals surface area contributed by atoms with Gasteiger partial charge in [-0.05, 0) is 69.2 Å². The lowest BCUT2D eigenvalue weighted by Crippen LogP contribution is -2.29. The highest BCUT2D eigenvalue weighted by Gasteiger charge is 2.05. The molecule has 0 bridgehead atoms. The predicted molar refractivity (Wildman–Crippen MR) is 120 cm³/mol. The zero-order valence-electron chi connectivity index (χ0n) is 18.1. The van der Waals surface area contributed by atoms with Crippen LogP contribution in [-0.4, -0.2) is 31.1 Å². The van der Waals surface area contributed by atoms with Gasteiger partial charge in [-0.2, -0.15) is 0 Å². The van der Waals surface area contributed by atoms with Crippen LogP contribution in [0.1, 0.15) is 57.1 Å². The van der Waals surface area contributed by atoms with E-state index in [0.717, 1.165) is 42.9 Å². The highest BCUT2D eigenvalue weighted by molar-refractivity contribution is 5.33. The van der Waals surface area contributed by atoms with Gasteiger partial charge in [0.05, 0.1) is 0 Å². The summed E-state index contributed by atoms with van der Waals surface area (Å²) in [5.41, 5.74) is 2.12. The van der Waals surface area contributed by atoms with Crippen LogP contribution in [0.2, 0.25) is 0 Å². The summed E-state index contributed by atoms with van der Waals surface area (Å²) in [5, 5.41) is 3.56. The molecule has 0 aromatic heterocycles. The lowest BCUT2D eigenvalue weighted by molar-refractivity contribution is 0.260. The van der Waals surface area contributed by atoms with E-state index >= 15 is 0 Å². The second-order valence-electron chi connectivity index (χ2n) is 7.60. The molecule has 0 aliphatic carbocycles. The number of halogens is 1. The van der Waals surface area contributed by atoms with Crippen LogP contribution in [0.3, 0.4) is 0 Å². The van der Waals surface area contributed by atoms with Crippen LogP contribution < -0.4 is 10.1 Å². The summed E-state index contributed by atoms with van der Waals surface area (Å²) in [6, 6.07) is 14.6. The molecule has 0 aliphatic rings. The van der Waals surface area contributed by atoms with E-state index in [1.165, 1.54) is 50.9 Å². The standard InChI is InChI=1S/C25H37FN2O/c1-3-5-17-28(18-6-4-2)19-9-16-27-20-23-10-7-8-11-25(23)29-21-22-12-14-24(26)15-13-22/h7-8,10-15,27H,3-6,9,16-21H2,1-2H3. The maximum atomic E-state index is 13.0. The fourth-order valence-corrected chi connectivity index (χ4v) is 3.28. The predicted octanol–water partition coefficient (Wildman–Crippen LogP) is 5.79. The third-order valence-corrected chi connectivity index (χ3v) is 5.08. The van der Waals surface area contributed by atoms with Crippen molar-refractivity contribution >= 4 is 0 Å². The second-order valence-corrected chi connectivity index (χ2v) is 7.60. The molecular weight excluding hydrogens is 363 g/mol. The van der Waals surface area contributed by atoms with Gasteiger partial charge in [-0.1, -0.05) is 57.0 Å². The van der Waals surface area contributed by atoms with Crippen molar-refractivity contribution in [3.8, 4) is 5.75 Å². The average Bonchev–Trinajstić information content (AvgIpc) is 2.75. The number of rotatable bonds is 15. The minimum absolute atomic E-state index is 0.221. The summed E-state index contributed by atoms with van der Waals surface area (Å²) in [6.07, 6.45) is 6.25. The molecule has 0 spiro atoms. The summed E-state index contributed by atoms with van der Waals surface area (Å²) in [5.74, 6) is 0.665. The topological polar surface area (TPSA) is 24.5 Å². The monoisotopic (exact) mass is 400 g/mol. The molecule has 2 aromatic rings. The molecule has 160 valence electrons. The van der Waals surface area contributed by atoms with Crippen molar-refractivity contribution < 1.29 is 9.13 Å². The van der Waals surface area contributed by atoms with Crippen LogP contribution in [0.15, 0.2) is 48.5 Å². The van der Waals surface area contributed by atoms with Gasteiger partial charge in [0.1, 0.15) is 18.2 Å². The minimum Gasteiger partial charge on any atom is -0.489 e. The van der Waals surface area contributed by atoms with E-state index in [2.05, 4.69) is 30.1 Å². The molecular formula is C25H37FN2O. The number of benzene rings is 2. The Hall–Kier alpha value is -1.91. The smallest absolute Gasteiger partial charge is 0.124 e. The molecule has 0 atom stereocenters. The Balaban J connectivity index is 1.73. The zero-order chi connectivity index (χ0) is 20.7. The SMILES string of the molecule is CCCCN(CCCC)CCCNCc1ccccc1OCc1ccc(F)cc1. The molecule has 0 amide bonds. The van der Waals surface area contributed by atoms with E-state index in [4.69, 9.17) is 4.74 Å². The molecule has 2 rings (SSSR count). The van der Waals surface area contributed by atoms with Crippen LogP contribution in [0, 0.1) is 5.82 Å². The Morgan fingerprint density at radius 2 is 1.52 bits per heavy atom. The van der Waals surface area contributed by atoms with Crippen molar-refractivity contribution in [2.75, 3.05) is 26.2 Å². The summed E-state index contributed by atoms with van der Waals surface area (Å²) < 4.78 is 19.0. The van der Waals surface area contributed by atoms with Gasteiger partial charge in [0.2, 0.25) is 0 Å². The van der Waals surface area contributed by atoms with Gasteiger partial charge in [-0.25, -0.2) is 4.39 Å². The largest absolute Gasteiger partial charge is 0.489 e. The number of hydrogen-bond donors (Lipinski definition) is 1. The fraction of sp³-hybridized carbons (Fsp3) is 0.520. The van der Waals surface area contributed by atoms with Crippen molar-refractivity contribution in [1.29, 1.82) is 0 Å². The molecule has 0 saturated carbocycles. The van der Waals surface area contributed by atoms with Gasteiger partial charge in [0.25, 0.3) is 0 Å². The summed E-state index contributed by atoms with van der Waals surface area (Å²) in [4.78, 5) is 2.61. The molecule has 0 fully saturated rings. The molecule has 0 aliphatic heterocycles. The van der Waals surface area contributed by atoms with Crippen molar-refractivity contribution in [3.63, 3.8) is 0 Å². The van der Waals surface area contributed by atoms with E-state index in [0.29, 0.717) is 6.61 Å². The summed E-state index contributed by atoms with van der Waals surface area (Å²) in [7, 11) is 0. The first-order chi connectivity index (χ1) is 14.2. The third-order valence-electron chi connectivity index (χ3n) is 5.08. The molecule has 0 heterocycles. The number of ether oxygens (including phenoxy) is 1. The van der Waals surface area contributed by atoms with Gasteiger partial charge in [-0.3, -0.25) is 0 Å². The first-order valence-corrected chi connectivity index (χ1v) is 11.1. The van der Waals surface area contributed by atoms with Crippen molar-refractivity contribution in [1.82, 2.24) is 10.2 Å². The highest BCUT2D eigenvalue weighted by atomic mass is 19.1. The summed E-state index contributed by atoms with van der Waals surface area (Å²) in [6.45, 7) is 10.4. The second kappa shape index (κ2) is 14.1. The zero-order valence-corrected chi connectivity index (χ0v) is 18.1. The summed E-state index contributed by atoms with van der Waals surface area (Å²) >= 11 is 0. The van der Waals surface area contributed by atoms with Crippen LogP contribution in [-0.2, 0) is 13.2 Å². The van der Waals surface area contributed by atoms with E-state index in [9.17, 15) is 4.39 Å². The van der Waals surface area contributed by atoms with E-state index in [1.807, 2.05) is 18.2 Å². The maximum Gasteiger partial charge on any atom is 0.124 e. The number of nitrogens with one attached hydrogen (secondary N) is 1. The number of nitrogens with zero attached hydrogens (tertiary/aromatic N) is 1. The first-order valence-electron chi connectivity index (χ1n) is 11.1. The van der Waals surface area contributed by atoms with Crippen molar-refractivity contribution in [2.45, 2.75) is 59.1 Å². The number of para-hydroxylation sites is 1. The lowest BCUT2D eigenvalue weighted by atomic mass is 10.2. The lowest BCUT2D eigenvalue weighted by Gasteiger charge is -2.22. The van der Waals surface area contributed by atoms with E-state index in [1.54, 1.807) is 12.1 Å². The van der Waals surface area contributed by atoms with E-state index < -0.39 is 0 Å². The molecule has 0 unspecified atom stereocenters. The fourth-order valence-electron chi connectivity index (χ4n) is 3.28. The Morgan fingerprint density at radius 1 is 0.862 bits per heavy atom. The molecule has 0 saturated heterocycles. The third kappa shape index (κ3) is 9.42. The Kier molecular flexibility index (Phi) is 11.4. The van der Waals surface area contributed by atoms with Gasteiger partial charge in [0, 0.05) is 12.1 Å². The van der Waals surface area contributed by atoms with Gasteiger partial charge in [-0.15, -0.1) is 0 Å². The number of hydrogen-bond acceptors (Lipinski definition) is 3. The molecule has 29 heavy (non-hydrogen) atoms. The minimum atomic E-state index is -0.221. The molecule has 2 aromatic carbocycles. The van der Waals surface area contributed by atoms with Crippen molar-refractivity contribution in [2.24, 2.45) is 0 Å². The van der Waals surface area contributed by atoms with Gasteiger partial charge < -0.3 is 15.0 Å². The Morgan fingerprint density at radius 3 is 2.21 bits per heavy atom. The van der Waals surface area contributed by atoms with Crippen LogP contribution in [0.5, 0.6) is 5.75 Å². The quantitative estimate of drug-likeness (QED) is 0.383. The van der Waals surface area contributed by atoms with Crippen LogP contribution in [0.4, 0.5) is 4.39 Å². The average molecular weight is 401 g/mol. The van der Waals surface area contributed by atoms with Crippen LogP contribution >= 0.6 is 0 Å². The molecule has 1 N–H and O–H groups in total. The van der Waals surface area contributed by atoms with Gasteiger partial charge in [0.15, 0.2) is 0 Å². The molecule has 0 radical (unpaired) electrons. The van der Waals surface area contributed by atoms with E-state index in [-0.39, 0.29) is 5.82 Å². The van der Waals surface area contributed by atoms with Gasteiger partial charge >= 0.3 is 0 Å². The number of unbranched alkanes of at least 4 members (excludes halogenated alkanes) is 2. The first kappa shape index (κ1) is 23.4. The Bertz CT molecular complexity index is 667. The van der Waals surface area contributed by atoms with Crippen LogP contribution in [0.25, 0.3) is 0 Å². The molecule has 3 nitrogen and oxygen atoms in total. The van der Waals surface area contributed by atoms with Crippen molar-refractivity contribution in [3.05, 3.63) is 65.5 Å². The Labute approximate surface area is 176 Å².